The van der Waals surface area contributed by atoms with E-state index in [0.717, 1.165) is 17.4 Å². The van der Waals surface area contributed by atoms with Crippen molar-refractivity contribution in [3.63, 3.8) is 0 Å². The number of rotatable bonds is 5. The molecule has 1 N–H and O–H groups in total. The van der Waals surface area contributed by atoms with Crippen molar-refractivity contribution < 1.29 is 17.4 Å². The van der Waals surface area contributed by atoms with Crippen LogP contribution in [0.25, 0.3) is 0 Å². The number of β-lactam (4-membered cyclic amide) rings is 1. The monoisotopic (exact) mass is 386 g/mol. The van der Waals surface area contributed by atoms with E-state index in [1.54, 1.807) is 0 Å². The molecule has 0 bridgehead atoms. The fourth-order valence-corrected chi connectivity index (χ4v) is 4.85. The van der Waals surface area contributed by atoms with Gasteiger partial charge in [-0.2, -0.15) is 8.42 Å². The molecule has 7 heteroatoms. The molecule has 6 nitrogen and oxygen atoms in total. The number of carbonyl (C=O) groups excluding carboxylic acids is 1. The van der Waals surface area contributed by atoms with Crippen LogP contribution in [0.3, 0.4) is 0 Å². The Morgan fingerprint density at radius 1 is 1.11 bits per heavy atom. The third-order valence-electron chi connectivity index (χ3n) is 5.24. The minimum Gasteiger partial charge on any atom is -0.327 e. The van der Waals surface area contributed by atoms with Crippen LogP contribution in [0.2, 0.25) is 0 Å². The molecule has 27 heavy (non-hydrogen) atoms. The molecule has 2 aliphatic heterocycles. The van der Waals surface area contributed by atoms with Crippen LogP contribution >= 0.6 is 0 Å². The van der Waals surface area contributed by atoms with Crippen molar-refractivity contribution in [2.45, 2.75) is 30.7 Å². The fourth-order valence-electron chi connectivity index (χ4n) is 4.22. The summed E-state index contributed by atoms with van der Waals surface area (Å²) < 4.78 is 28.2. The Bertz CT molecular complexity index is 933. The summed E-state index contributed by atoms with van der Waals surface area (Å²) in [6, 6.07) is 19.5. The standard InChI is InChI=1S/C20H22N2O4S/c1-27(24,25)26-17-12-20(21-13-17)18(16-10-6-3-7-11-16)22(19(20)23)14-15-8-4-2-5-9-15/h2-11,17-18,21H,12-14H2,1H3/t17-,18-,20+/m1/s1. The third kappa shape index (κ3) is 3.38. The number of nitrogens with zero attached hydrogens (tertiary/aromatic N) is 1. The normalized spacial score (nSPS) is 27.7. The highest BCUT2D eigenvalue weighted by molar-refractivity contribution is 7.86. The molecule has 0 saturated carbocycles. The zero-order chi connectivity index (χ0) is 19.1. The SMILES string of the molecule is CS(=O)(=O)O[C@H]1CN[C@]2(C1)C(=O)N(Cc1ccccc1)[C@@H]2c1ccccc1. The molecule has 1 spiro atoms. The molecular weight excluding hydrogens is 364 g/mol. The minimum atomic E-state index is -3.57. The van der Waals surface area contributed by atoms with Crippen LogP contribution in [0, 0.1) is 0 Å². The Hall–Kier alpha value is -2.22. The Labute approximate surface area is 159 Å². The van der Waals surface area contributed by atoms with Crippen LogP contribution in [-0.2, 0) is 25.6 Å². The molecule has 2 aromatic carbocycles. The molecule has 2 heterocycles. The molecule has 142 valence electrons. The lowest BCUT2D eigenvalue weighted by Crippen LogP contribution is -2.72. The first-order valence-corrected chi connectivity index (χ1v) is 10.7. The van der Waals surface area contributed by atoms with Gasteiger partial charge in [0.25, 0.3) is 10.1 Å². The average molecular weight is 386 g/mol. The largest absolute Gasteiger partial charge is 0.327 e. The van der Waals surface area contributed by atoms with Gasteiger partial charge in [-0.25, -0.2) is 0 Å². The van der Waals surface area contributed by atoms with E-state index in [4.69, 9.17) is 4.18 Å². The zero-order valence-corrected chi connectivity index (χ0v) is 15.9. The Morgan fingerprint density at radius 2 is 1.74 bits per heavy atom. The second-order valence-electron chi connectivity index (χ2n) is 7.21. The van der Waals surface area contributed by atoms with Gasteiger partial charge in [0.15, 0.2) is 0 Å². The molecule has 0 aromatic heterocycles. The predicted molar refractivity (Wildman–Crippen MR) is 101 cm³/mol. The van der Waals surface area contributed by atoms with E-state index in [2.05, 4.69) is 5.32 Å². The second kappa shape index (κ2) is 6.74. The molecule has 2 fully saturated rings. The van der Waals surface area contributed by atoms with Crippen molar-refractivity contribution in [3.8, 4) is 0 Å². The number of hydrogen-bond donors (Lipinski definition) is 1. The number of carbonyl (C=O) groups is 1. The summed E-state index contributed by atoms with van der Waals surface area (Å²) in [4.78, 5) is 15.0. The van der Waals surface area contributed by atoms with Gasteiger partial charge >= 0.3 is 0 Å². The van der Waals surface area contributed by atoms with E-state index in [1.807, 2.05) is 65.6 Å². The summed E-state index contributed by atoms with van der Waals surface area (Å²) in [6.07, 6.45) is 0.842. The molecule has 2 saturated heterocycles. The first-order valence-electron chi connectivity index (χ1n) is 8.92. The summed E-state index contributed by atoms with van der Waals surface area (Å²) in [5, 5.41) is 3.28. The molecule has 1 amide bonds. The van der Waals surface area contributed by atoms with Crippen LogP contribution in [0.15, 0.2) is 60.7 Å². The van der Waals surface area contributed by atoms with Gasteiger partial charge in [-0.3, -0.25) is 14.3 Å². The van der Waals surface area contributed by atoms with E-state index in [-0.39, 0.29) is 11.9 Å². The van der Waals surface area contributed by atoms with Crippen LogP contribution in [-0.4, -0.2) is 43.7 Å². The first-order chi connectivity index (χ1) is 12.9. The summed E-state index contributed by atoms with van der Waals surface area (Å²) >= 11 is 0. The number of likely N-dealkylation sites (tertiary alicyclic amines) is 1. The molecule has 3 atom stereocenters. The summed E-state index contributed by atoms with van der Waals surface area (Å²) in [6.45, 7) is 0.849. The third-order valence-corrected chi connectivity index (χ3v) is 5.86. The Balaban J connectivity index is 1.63. The molecule has 2 aromatic rings. The van der Waals surface area contributed by atoms with E-state index < -0.39 is 21.8 Å². The minimum absolute atomic E-state index is 0.0141. The van der Waals surface area contributed by atoms with Crippen molar-refractivity contribution in [3.05, 3.63) is 71.8 Å². The number of hydrogen-bond acceptors (Lipinski definition) is 5. The van der Waals surface area contributed by atoms with Crippen molar-refractivity contribution in [1.29, 1.82) is 0 Å². The van der Waals surface area contributed by atoms with Gasteiger partial charge < -0.3 is 4.90 Å². The van der Waals surface area contributed by atoms with Gasteiger partial charge in [0, 0.05) is 19.5 Å². The molecular formula is C20H22N2O4S. The van der Waals surface area contributed by atoms with Gasteiger partial charge in [0.05, 0.1) is 18.4 Å². The quantitative estimate of drug-likeness (QED) is 0.627. The summed E-state index contributed by atoms with van der Waals surface area (Å²) in [5.41, 5.74) is 1.27. The molecule has 2 aliphatic rings. The van der Waals surface area contributed by atoms with Crippen LogP contribution in [0.5, 0.6) is 0 Å². The molecule has 0 unspecified atom stereocenters. The number of nitrogens with one attached hydrogen (secondary N) is 1. The molecule has 0 aliphatic carbocycles. The van der Waals surface area contributed by atoms with Gasteiger partial charge in [-0.05, 0) is 11.1 Å². The zero-order valence-electron chi connectivity index (χ0n) is 15.0. The van der Waals surface area contributed by atoms with Gasteiger partial charge in [-0.1, -0.05) is 60.7 Å². The summed E-state index contributed by atoms with van der Waals surface area (Å²) in [7, 11) is -3.57. The Kier molecular flexibility index (Phi) is 4.53. The maximum absolute atomic E-state index is 13.1. The van der Waals surface area contributed by atoms with E-state index >= 15 is 0 Å². The summed E-state index contributed by atoms with van der Waals surface area (Å²) in [5.74, 6) is -0.0141. The maximum atomic E-state index is 13.1. The maximum Gasteiger partial charge on any atom is 0.264 e. The van der Waals surface area contributed by atoms with Crippen molar-refractivity contribution in [1.82, 2.24) is 10.2 Å². The fraction of sp³-hybridized carbons (Fsp3) is 0.350. The van der Waals surface area contributed by atoms with Gasteiger partial charge in [-0.15, -0.1) is 0 Å². The highest BCUT2D eigenvalue weighted by Gasteiger charge is 2.64. The molecule has 0 radical (unpaired) electrons. The topological polar surface area (TPSA) is 75.7 Å². The van der Waals surface area contributed by atoms with E-state index in [0.29, 0.717) is 19.5 Å². The smallest absolute Gasteiger partial charge is 0.264 e. The van der Waals surface area contributed by atoms with E-state index in [9.17, 15) is 13.2 Å². The number of benzene rings is 2. The highest BCUT2D eigenvalue weighted by atomic mass is 32.2. The average Bonchev–Trinajstić information content (AvgIpc) is 3.07. The van der Waals surface area contributed by atoms with Crippen molar-refractivity contribution in [2.24, 2.45) is 0 Å². The first kappa shape index (κ1) is 18.2. The van der Waals surface area contributed by atoms with Crippen molar-refractivity contribution >= 4 is 16.0 Å². The second-order valence-corrected chi connectivity index (χ2v) is 8.81. The van der Waals surface area contributed by atoms with Gasteiger partial charge in [0.1, 0.15) is 5.54 Å². The van der Waals surface area contributed by atoms with Crippen LogP contribution < -0.4 is 5.32 Å². The van der Waals surface area contributed by atoms with Crippen molar-refractivity contribution in [2.75, 3.05) is 12.8 Å². The van der Waals surface area contributed by atoms with Gasteiger partial charge in [0.2, 0.25) is 5.91 Å². The predicted octanol–water partition coefficient (Wildman–Crippen LogP) is 1.85. The number of amides is 1. The lowest BCUT2D eigenvalue weighted by Gasteiger charge is -2.55. The molecule has 4 rings (SSSR count). The van der Waals surface area contributed by atoms with E-state index in [1.165, 1.54) is 0 Å². The lowest BCUT2D eigenvalue weighted by molar-refractivity contribution is -0.164. The lowest BCUT2D eigenvalue weighted by atomic mass is 9.73. The Morgan fingerprint density at radius 3 is 2.37 bits per heavy atom. The van der Waals surface area contributed by atoms with Crippen LogP contribution in [0.4, 0.5) is 0 Å². The van der Waals surface area contributed by atoms with Crippen LogP contribution in [0.1, 0.15) is 23.6 Å². The highest BCUT2D eigenvalue weighted by Crippen LogP contribution is 2.49.